The first-order valence-electron chi connectivity index (χ1n) is 13.4. The normalized spacial score (nSPS) is 19.2. The van der Waals surface area contributed by atoms with Crippen molar-refractivity contribution in [3.8, 4) is 11.1 Å². The Morgan fingerprint density at radius 1 is 0.722 bits per heavy atom. The van der Waals surface area contributed by atoms with Crippen LogP contribution >= 0.6 is 0 Å². The Morgan fingerprint density at radius 3 is 1.97 bits per heavy atom. The standard InChI is InChI=1S/C35H33N/c1-21-16-22(2)18-25(17-21)36-33-15-9-14-30(33)35-24(4)31(23(3)19-34(35)36)20-32-28-12-7-5-10-26(28)27-11-6-8-13-29(27)32/h5-8,10-13,16-20,30,33H,9,14-15H2,1-4H3. The smallest absolute Gasteiger partial charge is 0.0455 e. The minimum atomic E-state index is 0.579. The molecule has 178 valence electrons. The van der Waals surface area contributed by atoms with Crippen LogP contribution in [0.2, 0.25) is 0 Å². The summed E-state index contributed by atoms with van der Waals surface area (Å²) in [5.74, 6) is 0.627. The largest absolute Gasteiger partial charge is 0.337 e. The lowest BCUT2D eigenvalue weighted by Crippen LogP contribution is -2.26. The highest BCUT2D eigenvalue weighted by Gasteiger charge is 2.43. The molecule has 36 heavy (non-hydrogen) atoms. The van der Waals surface area contributed by atoms with Crippen LogP contribution in [0.3, 0.4) is 0 Å². The molecule has 0 N–H and O–H groups in total. The molecule has 1 heteroatoms. The third-order valence-corrected chi connectivity index (χ3v) is 8.80. The summed E-state index contributed by atoms with van der Waals surface area (Å²) in [5.41, 5.74) is 18.1. The molecule has 1 fully saturated rings. The van der Waals surface area contributed by atoms with Crippen LogP contribution < -0.4 is 4.90 Å². The van der Waals surface area contributed by atoms with Crippen molar-refractivity contribution in [2.24, 2.45) is 0 Å². The third-order valence-electron chi connectivity index (χ3n) is 8.80. The van der Waals surface area contributed by atoms with Gasteiger partial charge in [-0.2, -0.15) is 0 Å². The molecular weight excluding hydrogens is 434 g/mol. The molecule has 2 unspecified atom stereocenters. The third kappa shape index (κ3) is 3.08. The molecule has 0 saturated heterocycles. The number of hydrogen-bond donors (Lipinski definition) is 0. The first-order valence-corrected chi connectivity index (χ1v) is 13.4. The molecule has 7 rings (SSSR count). The maximum atomic E-state index is 2.68. The predicted molar refractivity (Wildman–Crippen MR) is 153 cm³/mol. The highest BCUT2D eigenvalue weighted by Crippen LogP contribution is 2.55. The number of rotatable bonds is 2. The molecule has 3 aliphatic rings. The van der Waals surface area contributed by atoms with Gasteiger partial charge in [0.2, 0.25) is 0 Å². The summed E-state index contributed by atoms with van der Waals surface area (Å²) in [6, 6.07) is 27.9. The summed E-state index contributed by atoms with van der Waals surface area (Å²) >= 11 is 0. The van der Waals surface area contributed by atoms with Gasteiger partial charge in [-0.05, 0) is 126 Å². The van der Waals surface area contributed by atoms with Crippen LogP contribution in [0.4, 0.5) is 11.4 Å². The average Bonchev–Trinajstić information content (AvgIpc) is 3.52. The maximum absolute atomic E-state index is 2.68. The average molecular weight is 468 g/mol. The molecule has 0 aromatic heterocycles. The topological polar surface area (TPSA) is 3.24 Å². The Labute approximate surface area is 215 Å². The Kier molecular flexibility index (Phi) is 4.80. The molecule has 0 spiro atoms. The van der Waals surface area contributed by atoms with E-state index in [1.807, 2.05) is 0 Å². The Bertz CT molecular complexity index is 1500. The Balaban J connectivity index is 1.43. The predicted octanol–water partition coefficient (Wildman–Crippen LogP) is 9.28. The molecule has 1 aliphatic heterocycles. The van der Waals surface area contributed by atoms with E-state index in [0.29, 0.717) is 12.0 Å². The molecular formula is C35H33N. The molecule has 2 atom stereocenters. The molecule has 0 amide bonds. The quantitative estimate of drug-likeness (QED) is 0.250. The lowest BCUT2D eigenvalue weighted by Gasteiger charge is -2.28. The lowest BCUT2D eigenvalue weighted by molar-refractivity contribution is 0.640. The van der Waals surface area contributed by atoms with Crippen LogP contribution in [0.25, 0.3) is 22.8 Å². The second-order valence-electron chi connectivity index (χ2n) is 11.1. The fourth-order valence-corrected chi connectivity index (χ4v) is 7.42. The Hall–Kier alpha value is -3.58. The SMILES string of the molecule is Cc1cc(C)cc(N2c3cc(C)c(C=C4c5ccccc5-c5ccccc54)c(C)c3C3CCCC32)c1. The van der Waals surface area contributed by atoms with E-state index >= 15 is 0 Å². The van der Waals surface area contributed by atoms with Crippen molar-refractivity contribution >= 4 is 23.0 Å². The van der Waals surface area contributed by atoms with E-state index in [1.54, 1.807) is 5.56 Å². The van der Waals surface area contributed by atoms with E-state index in [1.165, 1.54) is 86.3 Å². The Morgan fingerprint density at radius 2 is 1.33 bits per heavy atom. The molecule has 1 saturated carbocycles. The molecule has 1 heterocycles. The van der Waals surface area contributed by atoms with Gasteiger partial charge < -0.3 is 4.90 Å². The number of aryl methyl sites for hydroxylation is 3. The van der Waals surface area contributed by atoms with E-state index in [-0.39, 0.29) is 0 Å². The highest BCUT2D eigenvalue weighted by atomic mass is 15.2. The van der Waals surface area contributed by atoms with Gasteiger partial charge in [0, 0.05) is 23.3 Å². The summed E-state index contributed by atoms with van der Waals surface area (Å²) in [4.78, 5) is 2.68. The first-order chi connectivity index (χ1) is 17.5. The number of benzene rings is 4. The van der Waals surface area contributed by atoms with E-state index < -0.39 is 0 Å². The van der Waals surface area contributed by atoms with Crippen molar-refractivity contribution in [2.45, 2.75) is 58.9 Å². The van der Waals surface area contributed by atoms with Crippen molar-refractivity contribution in [2.75, 3.05) is 4.90 Å². The van der Waals surface area contributed by atoms with Gasteiger partial charge in [-0.1, -0.05) is 61.0 Å². The van der Waals surface area contributed by atoms with Gasteiger partial charge in [0.05, 0.1) is 0 Å². The molecule has 2 aliphatic carbocycles. The van der Waals surface area contributed by atoms with E-state index in [4.69, 9.17) is 0 Å². The van der Waals surface area contributed by atoms with Gasteiger partial charge in [0.15, 0.2) is 0 Å². The summed E-state index contributed by atoms with van der Waals surface area (Å²) in [6.07, 6.45) is 6.38. The van der Waals surface area contributed by atoms with Crippen LogP contribution in [-0.2, 0) is 0 Å². The highest BCUT2D eigenvalue weighted by molar-refractivity contribution is 6.07. The van der Waals surface area contributed by atoms with Gasteiger partial charge in [0.1, 0.15) is 0 Å². The molecule has 4 aromatic carbocycles. The minimum Gasteiger partial charge on any atom is -0.337 e. The minimum absolute atomic E-state index is 0.579. The van der Waals surface area contributed by atoms with Gasteiger partial charge in [-0.3, -0.25) is 0 Å². The van der Waals surface area contributed by atoms with Crippen molar-refractivity contribution in [3.05, 3.63) is 117 Å². The summed E-state index contributed by atoms with van der Waals surface area (Å²) in [6.45, 7) is 9.14. The summed E-state index contributed by atoms with van der Waals surface area (Å²) in [5, 5.41) is 0. The fourth-order valence-electron chi connectivity index (χ4n) is 7.42. The number of anilines is 2. The van der Waals surface area contributed by atoms with E-state index in [9.17, 15) is 0 Å². The van der Waals surface area contributed by atoms with Crippen molar-refractivity contribution < 1.29 is 0 Å². The van der Waals surface area contributed by atoms with Crippen LogP contribution in [0.5, 0.6) is 0 Å². The monoisotopic (exact) mass is 467 g/mol. The lowest BCUT2D eigenvalue weighted by atomic mass is 9.87. The second-order valence-corrected chi connectivity index (χ2v) is 11.1. The van der Waals surface area contributed by atoms with Crippen molar-refractivity contribution in [3.63, 3.8) is 0 Å². The van der Waals surface area contributed by atoms with Crippen LogP contribution in [0.1, 0.15) is 69.7 Å². The number of hydrogen-bond acceptors (Lipinski definition) is 1. The summed E-state index contributed by atoms with van der Waals surface area (Å²) < 4.78 is 0. The zero-order valence-electron chi connectivity index (χ0n) is 21.7. The van der Waals surface area contributed by atoms with Gasteiger partial charge >= 0.3 is 0 Å². The van der Waals surface area contributed by atoms with Crippen molar-refractivity contribution in [1.29, 1.82) is 0 Å². The zero-order chi connectivity index (χ0) is 24.6. The fraction of sp³-hybridized carbons (Fsp3) is 0.257. The number of fused-ring (bicyclic) bond motifs is 6. The van der Waals surface area contributed by atoms with Crippen LogP contribution in [0, 0.1) is 27.7 Å². The zero-order valence-corrected chi connectivity index (χ0v) is 21.7. The maximum Gasteiger partial charge on any atom is 0.0455 e. The van der Waals surface area contributed by atoms with Gasteiger partial charge in [0.25, 0.3) is 0 Å². The van der Waals surface area contributed by atoms with Crippen LogP contribution in [-0.4, -0.2) is 6.04 Å². The molecule has 4 aromatic rings. The molecule has 1 nitrogen and oxygen atoms in total. The van der Waals surface area contributed by atoms with E-state index in [2.05, 4.69) is 111 Å². The van der Waals surface area contributed by atoms with Crippen LogP contribution in [0.15, 0.2) is 72.8 Å². The number of nitrogens with zero attached hydrogens (tertiary/aromatic N) is 1. The van der Waals surface area contributed by atoms with Gasteiger partial charge in [-0.25, -0.2) is 0 Å². The van der Waals surface area contributed by atoms with Gasteiger partial charge in [-0.15, -0.1) is 0 Å². The first kappa shape index (κ1) is 21.7. The summed E-state index contributed by atoms with van der Waals surface area (Å²) in [7, 11) is 0. The molecule has 0 radical (unpaired) electrons. The second kappa shape index (κ2) is 7.96. The van der Waals surface area contributed by atoms with Crippen molar-refractivity contribution in [1.82, 2.24) is 0 Å². The van der Waals surface area contributed by atoms with E-state index in [0.717, 1.165) is 0 Å². The molecule has 0 bridgehead atoms.